The van der Waals surface area contributed by atoms with E-state index in [0.29, 0.717) is 16.1 Å². The second-order valence-electron chi connectivity index (χ2n) is 6.32. The number of aryl methyl sites for hydroxylation is 1. The molecule has 2 atom stereocenters. The first kappa shape index (κ1) is 18.3. The average Bonchev–Trinajstić information content (AvgIpc) is 3.00. The fourth-order valence-corrected chi connectivity index (χ4v) is 3.73. The van der Waals surface area contributed by atoms with Crippen molar-refractivity contribution in [2.45, 2.75) is 41.9 Å². The second-order valence-corrected chi connectivity index (χ2v) is 7.33. The molecule has 1 aromatic carbocycles. The monoisotopic (exact) mass is 376 g/mol. The van der Waals surface area contributed by atoms with Crippen molar-refractivity contribution >= 4 is 23.4 Å². The highest BCUT2D eigenvalue weighted by molar-refractivity contribution is 7.99. The van der Waals surface area contributed by atoms with Crippen LogP contribution in [0.4, 0.5) is 5.69 Å². The molecule has 2 N–H and O–H groups in total. The highest BCUT2D eigenvalue weighted by Gasteiger charge is 2.23. The Labute approximate surface area is 154 Å². The van der Waals surface area contributed by atoms with Crippen LogP contribution in [0.3, 0.4) is 0 Å². The number of amides is 1. The van der Waals surface area contributed by atoms with E-state index in [-0.39, 0.29) is 23.2 Å². The lowest BCUT2D eigenvalue weighted by molar-refractivity contribution is -0.387. The molecule has 3 rings (SSSR count). The molecule has 0 radical (unpaired) electrons. The Balaban J connectivity index is 1.78. The number of nitro groups is 1. The van der Waals surface area contributed by atoms with Gasteiger partial charge in [0.1, 0.15) is 6.33 Å². The minimum atomic E-state index is -0.484. The van der Waals surface area contributed by atoms with Gasteiger partial charge in [0.05, 0.1) is 9.82 Å². The third kappa shape index (κ3) is 4.20. The van der Waals surface area contributed by atoms with E-state index < -0.39 is 4.92 Å². The summed E-state index contributed by atoms with van der Waals surface area (Å²) in [6.07, 6.45) is 3.21. The van der Waals surface area contributed by atoms with Gasteiger partial charge in [0, 0.05) is 30.8 Å². The Kier molecular flexibility index (Phi) is 5.52. The third-order valence-corrected chi connectivity index (χ3v) is 5.37. The van der Waals surface area contributed by atoms with Gasteiger partial charge in [0.2, 0.25) is 0 Å². The first-order valence-electron chi connectivity index (χ1n) is 8.28. The largest absolute Gasteiger partial charge is 0.349 e. The number of nitrogens with zero attached hydrogens (tertiary/aromatic N) is 4. The lowest BCUT2D eigenvalue weighted by atomic mass is 10.0. The number of carbonyl (C=O) groups excluding carboxylic acids is 1. The van der Waals surface area contributed by atoms with Gasteiger partial charge in [-0.25, -0.2) is 0 Å². The summed E-state index contributed by atoms with van der Waals surface area (Å²) >= 11 is 1.14. The fraction of sp³-hybridized carbons (Fsp3) is 0.438. The number of carbonyl (C=O) groups is 1. The molecule has 2 aromatic rings. The van der Waals surface area contributed by atoms with Crippen molar-refractivity contribution in [1.29, 1.82) is 0 Å². The summed E-state index contributed by atoms with van der Waals surface area (Å²) in [7, 11) is 1.76. The summed E-state index contributed by atoms with van der Waals surface area (Å²) in [6.45, 7) is 2.92. The van der Waals surface area contributed by atoms with Gasteiger partial charge in [0.25, 0.3) is 11.6 Å². The van der Waals surface area contributed by atoms with Crippen molar-refractivity contribution in [2.24, 2.45) is 7.05 Å². The molecule has 1 fully saturated rings. The molecule has 10 heteroatoms. The number of hydrogen-bond acceptors (Lipinski definition) is 7. The van der Waals surface area contributed by atoms with Crippen LogP contribution in [0.15, 0.2) is 34.6 Å². The van der Waals surface area contributed by atoms with Gasteiger partial charge in [-0.05, 0) is 50.2 Å². The lowest BCUT2D eigenvalue weighted by Gasteiger charge is -2.28. The molecular formula is C16H20N6O3S. The Hall–Kier alpha value is -2.46. The first-order valence-corrected chi connectivity index (χ1v) is 9.10. The van der Waals surface area contributed by atoms with Crippen LogP contribution in [-0.4, -0.2) is 44.2 Å². The maximum Gasteiger partial charge on any atom is 0.284 e. The maximum atomic E-state index is 12.5. The van der Waals surface area contributed by atoms with E-state index >= 15 is 0 Å². The van der Waals surface area contributed by atoms with Crippen molar-refractivity contribution in [3.05, 3.63) is 40.2 Å². The number of benzene rings is 1. The molecule has 26 heavy (non-hydrogen) atoms. The molecule has 2 heterocycles. The van der Waals surface area contributed by atoms with Crippen molar-refractivity contribution < 1.29 is 9.72 Å². The molecule has 1 amide bonds. The third-order valence-electron chi connectivity index (χ3n) is 4.25. The molecule has 0 bridgehead atoms. The van der Waals surface area contributed by atoms with E-state index in [0.717, 1.165) is 31.1 Å². The molecule has 1 aromatic heterocycles. The first-order chi connectivity index (χ1) is 12.4. The van der Waals surface area contributed by atoms with Crippen LogP contribution in [0.5, 0.6) is 0 Å². The molecule has 2 unspecified atom stereocenters. The Morgan fingerprint density at radius 3 is 2.96 bits per heavy atom. The summed E-state index contributed by atoms with van der Waals surface area (Å²) in [5.41, 5.74) is 0.162. The van der Waals surface area contributed by atoms with E-state index in [9.17, 15) is 14.9 Å². The van der Waals surface area contributed by atoms with E-state index in [1.807, 2.05) is 0 Å². The van der Waals surface area contributed by atoms with Crippen LogP contribution >= 0.6 is 11.8 Å². The van der Waals surface area contributed by atoms with Gasteiger partial charge in [-0.1, -0.05) is 0 Å². The normalized spacial score (nSPS) is 19.9. The minimum Gasteiger partial charge on any atom is -0.349 e. The summed E-state index contributed by atoms with van der Waals surface area (Å²) in [6, 6.07) is 4.92. The van der Waals surface area contributed by atoms with Crippen molar-refractivity contribution in [2.75, 3.05) is 6.54 Å². The number of nitrogens with one attached hydrogen (secondary N) is 2. The van der Waals surface area contributed by atoms with E-state index in [2.05, 4.69) is 27.8 Å². The average molecular weight is 376 g/mol. The predicted octanol–water partition coefficient (Wildman–Crippen LogP) is 1.74. The predicted molar refractivity (Wildman–Crippen MR) is 96.2 cm³/mol. The number of aromatic nitrogens is 3. The second kappa shape index (κ2) is 7.83. The zero-order chi connectivity index (χ0) is 18.7. The summed E-state index contributed by atoms with van der Waals surface area (Å²) in [5.74, 6) is -0.289. The zero-order valence-electron chi connectivity index (χ0n) is 14.5. The van der Waals surface area contributed by atoms with Gasteiger partial charge in [-0.2, -0.15) is 0 Å². The molecule has 1 aliphatic rings. The van der Waals surface area contributed by atoms with Gasteiger partial charge in [0.15, 0.2) is 5.16 Å². The van der Waals surface area contributed by atoms with Crippen LogP contribution in [0.1, 0.15) is 30.1 Å². The Morgan fingerprint density at radius 1 is 1.50 bits per heavy atom. The molecule has 138 valence electrons. The van der Waals surface area contributed by atoms with E-state index in [4.69, 9.17) is 0 Å². The van der Waals surface area contributed by atoms with Gasteiger partial charge >= 0.3 is 0 Å². The van der Waals surface area contributed by atoms with Crippen LogP contribution in [0.2, 0.25) is 0 Å². The van der Waals surface area contributed by atoms with Gasteiger partial charge in [-0.15, -0.1) is 10.2 Å². The number of nitro benzene ring substituents is 1. The standard InChI is InChI=1S/C16H20N6O3S/c1-10-7-12(5-6-17-10)19-15(23)11-3-4-14(13(8-11)22(24)25)26-16-20-18-9-21(16)2/h3-4,8-10,12,17H,5-7H2,1-2H3,(H,19,23). The number of hydrogen-bond donors (Lipinski definition) is 2. The van der Waals surface area contributed by atoms with Gasteiger partial charge < -0.3 is 15.2 Å². The zero-order valence-corrected chi connectivity index (χ0v) is 15.3. The lowest BCUT2D eigenvalue weighted by Crippen LogP contribution is -2.46. The molecule has 0 saturated carbocycles. The number of rotatable bonds is 5. The summed E-state index contributed by atoms with van der Waals surface area (Å²) in [5, 5.41) is 26.0. The van der Waals surface area contributed by atoms with E-state index in [1.54, 1.807) is 23.7 Å². The van der Waals surface area contributed by atoms with E-state index in [1.165, 1.54) is 12.4 Å². The molecule has 1 saturated heterocycles. The molecule has 0 spiro atoms. The molecular weight excluding hydrogens is 356 g/mol. The quantitative estimate of drug-likeness (QED) is 0.603. The summed E-state index contributed by atoms with van der Waals surface area (Å²) in [4.78, 5) is 23.9. The van der Waals surface area contributed by atoms with Gasteiger partial charge in [-0.3, -0.25) is 14.9 Å². The van der Waals surface area contributed by atoms with Crippen molar-refractivity contribution in [3.8, 4) is 0 Å². The van der Waals surface area contributed by atoms with Crippen molar-refractivity contribution in [3.63, 3.8) is 0 Å². The highest BCUT2D eigenvalue weighted by atomic mass is 32.2. The van der Waals surface area contributed by atoms with Crippen LogP contribution in [0.25, 0.3) is 0 Å². The van der Waals surface area contributed by atoms with Crippen molar-refractivity contribution in [1.82, 2.24) is 25.4 Å². The molecule has 1 aliphatic heterocycles. The van der Waals surface area contributed by atoms with Crippen LogP contribution in [0, 0.1) is 10.1 Å². The molecule has 0 aliphatic carbocycles. The smallest absolute Gasteiger partial charge is 0.284 e. The SMILES string of the molecule is CC1CC(NC(=O)c2ccc(Sc3nncn3C)c([N+](=O)[O-])c2)CCN1. The Morgan fingerprint density at radius 2 is 2.31 bits per heavy atom. The van der Waals surface area contributed by atoms with Crippen LogP contribution < -0.4 is 10.6 Å². The van der Waals surface area contributed by atoms with Crippen LogP contribution in [-0.2, 0) is 7.05 Å². The topological polar surface area (TPSA) is 115 Å². The Bertz CT molecular complexity index is 824. The fourth-order valence-electron chi connectivity index (χ4n) is 2.88. The number of piperidine rings is 1. The minimum absolute atomic E-state index is 0.0745. The summed E-state index contributed by atoms with van der Waals surface area (Å²) < 4.78 is 1.67. The highest BCUT2D eigenvalue weighted by Crippen LogP contribution is 2.34. The maximum absolute atomic E-state index is 12.5. The molecule has 9 nitrogen and oxygen atoms in total.